The number of hydrogen-bond acceptors (Lipinski definition) is 8. The minimum absolute atomic E-state index is 0.0666. The first-order valence-electron chi connectivity index (χ1n) is 10.6. The van der Waals surface area contributed by atoms with Gasteiger partial charge in [0.1, 0.15) is 18.1 Å². The van der Waals surface area contributed by atoms with Crippen molar-refractivity contribution < 1.29 is 28.2 Å². The fraction of sp³-hybridized carbons (Fsp3) is 0.364. The van der Waals surface area contributed by atoms with Gasteiger partial charge >= 0.3 is 0 Å². The highest BCUT2D eigenvalue weighted by Gasteiger charge is 2.24. The molecule has 4 rings (SSSR count). The third kappa shape index (κ3) is 5.06. The van der Waals surface area contributed by atoms with Crippen molar-refractivity contribution in [1.82, 2.24) is 25.1 Å². The Hall–Kier alpha value is -3.80. The zero-order chi connectivity index (χ0) is 24.2. The van der Waals surface area contributed by atoms with Crippen LogP contribution < -0.4 is 14.8 Å². The zero-order valence-electron chi connectivity index (χ0n) is 18.6. The number of nitrogens with one attached hydrogen (secondary N) is 2. The number of amides is 1. The summed E-state index contributed by atoms with van der Waals surface area (Å²) in [4.78, 5) is 22.4. The van der Waals surface area contributed by atoms with Gasteiger partial charge in [0, 0.05) is 19.2 Å². The number of halogens is 2. The Morgan fingerprint density at radius 3 is 2.62 bits per heavy atom. The Labute approximate surface area is 193 Å². The minimum Gasteiger partial charge on any atom is -0.494 e. The fourth-order valence-electron chi connectivity index (χ4n) is 3.54. The average molecular weight is 474 g/mol. The Morgan fingerprint density at radius 1 is 1.24 bits per heavy atom. The van der Waals surface area contributed by atoms with E-state index in [1.165, 1.54) is 38.6 Å². The maximum absolute atomic E-state index is 14.4. The molecule has 1 fully saturated rings. The molecule has 0 spiro atoms. The Balaban J connectivity index is 1.36. The molecular formula is C22H24F2N6O4. The van der Waals surface area contributed by atoms with Crippen LogP contribution in [0.25, 0.3) is 0 Å². The van der Waals surface area contributed by atoms with E-state index in [-0.39, 0.29) is 47.2 Å². The van der Waals surface area contributed by atoms with Gasteiger partial charge in [-0.1, -0.05) is 0 Å². The molecule has 10 nitrogen and oxygen atoms in total. The lowest BCUT2D eigenvalue weighted by Crippen LogP contribution is -2.40. The van der Waals surface area contributed by atoms with E-state index in [0.29, 0.717) is 37.4 Å². The highest BCUT2D eigenvalue weighted by Crippen LogP contribution is 2.27. The first-order chi connectivity index (χ1) is 16.4. The number of carbonyl (C=O) groups excluding carboxylic acids is 1. The summed E-state index contributed by atoms with van der Waals surface area (Å²) in [5.74, 6) is -1.07. The molecule has 3 heterocycles. The number of aromatic amines is 1. The number of aromatic nitrogens is 4. The Morgan fingerprint density at radius 2 is 1.94 bits per heavy atom. The van der Waals surface area contributed by atoms with Crippen LogP contribution in [0.3, 0.4) is 0 Å². The van der Waals surface area contributed by atoms with Crippen LogP contribution in [-0.2, 0) is 6.61 Å². The number of benzene rings is 1. The van der Waals surface area contributed by atoms with Crippen LogP contribution in [-0.4, -0.2) is 62.4 Å². The van der Waals surface area contributed by atoms with Crippen molar-refractivity contribution >= 4 is 17.7 Å². The quantitative estimate of drug-likeness (QED) is 0.477. The molecule has 2 aromatic heterocycles. The summed E-state index contributed by atoms with van der Waals surface area (Å²) in [6, 6.07) is 2.82. The van der Waals surface area contributed by atoms with Crippen molar-refractivity contribution in [2.75, 3.05) is 25.5 Å². The molecule has 1 aromatic carbocycles. The number of H-pyrrole nitrogens is 1. The summed E-state index contributed by atoms with van der Waals surface area (Å²) < 4.78 is 39.1. The van der Waals surface area contributed by atoms with Gasteiger partial charge in [-0.05, 0) is 31.4 Å². The minimum atomic E-state index is -0.825. The number of methoxy groups -OCH3 is 1. The molecule has 3 aromatic rings. The maximum Gasteiger partial charge on any atom is 0.271 e. The van der Waals surface area contributed by atoms with E-state index in [1.54, 1.807) is 4.90 Å². The molecule has 0 unspecified atom stereocenters. The summed E-state index contributed by atoms with van der Waals surface area (Å²) in [6.45, 7) is 2.10. The number of carbonyl (C=O) groups is 1. The molecule has 1 saturated heterocycles. The van der Waals surface area contributed by atoms with Crippen LogP contribution in [0.15, 0.2) is 24.5 Å². The summed E-state index contributed by atoms with van der Waals surface area (Å²) >= 11 is 0. The number of nitrogens with zero attached hydrogens (tertiary/aromatic N) is 4. The first-order valence-corrected chi connectivity index (χ1v) is 10.6. The lowest BCUT2D eigenvalue weighted by Gasteiger charge is -2.29. The second-order valence-corrected chi connectivity index (χ2v) is 7.85. The van der Waals surface area contributed by atoms with Gasteiger partial charge in [0.25, 0.3) is 5.91 Å². The maximum atomic E-state index is 14.4. The van der Waals surface area contributed by atoms with Crippen LogP contribution in [0, 0.1) is 18.6 Å². The predicted octanol–water partition coefficient (Wildman–Crippen LogP) is 2.71. The molecule has 1 amide bonds. The van der Waals surface area contributed by atoms with Crippen molar-refractivity contribution in [1.29, 1.82) is 0 Å². The van der Waals surface area contributed by atoms with Crippen molar-refractivity contribution in [3.05, 3.63) is 53.0 Å². The number of likely N-dealkylation sites (tertiary alicyclic amines) is 1. The molecule has 12 heteroatoms. The van der Waals surface area contributed by atoms with Crippen LogP contribution in [0.4, 0.5) is 20.5 Å². The number of hydrogen-bond donors (Lipinski definition) is 3. The molecule has 0 saturated carbocycles. The molecular weight excluding hydrogens is 450 g/mol. The average Bonchev–Trinajstić information content (AvgIpc) is 3.31. The number of aliphatic hydroxyl groups is 1. The number of anilines is 2. The molecule has 1 aliphatic rings. The number of ether oxygens (including phenoxy) is 2. The topological polar surface area (TPSA) is 125 Å². The highest BCUT2D eigenvalue weighted by molar-refractivity contribution is 5.93. The monoisotopic (exact) mass is 474 g/mol. The molecule has 0 bridgehead atoms. The van der Waals surface area contributed by atoms with E-state index in [1.807, 2.05) is 0 Å². The van der Waals surface area contributed by atoms with Crippen molar-refractivity contribution in [2.24, 2.45) is 0 Å². The van der Waals surface area contributed by atoms with Crippen molar-refractivity contribution in [2.45, 2.75) is 32.5 Å². The van der Waals surface area contributed by atoms with Gasteiger partial charge < -0.3 is 24.8 Å². The molecule has 0 radical (unpaired) electrons. The molecule has 1 aliphatic heterocycles. The van der Waals surface area contributed by atoms with Gasteiger partial charge in [0.05, 0.1) is 31.2 Å². The van der Waals surface area contributed by atoms with Gasteiger partial charge in [0.15, 0.2) is 23.1 Å². The van der Waals surface area contributed by atoms with Gasteiger partial charge in [-0.25, -0.2) is 18.7 Å². The summed E-state index contributed by atoms with van der Waals surface area (Å²) in [6.07, 6.45) is 3.41. The van der Waals surface area contributed by atoms with Crippen LogP contribution in [0.1, 0.15) is 34.5 Å². The Bertz CT molecular complexity index is 1160. The predicted molar refractivity (Wildman–Crippen MR) is 117 cm³/mol. The van der Waals surface area contributed by atoms with Crippen LogP contribution >= 0.6 is 0 Å². The molecule has 180 valence electrons. The second-order valence-electron chi connectivity index (χ2n) is 7.85. The number of piperidine rings is 1. The molecule has 0 aliphatic carbocycles. The van der Waals surface area contributed by atoms with Gasteiger partial charge in [-0.15, -0.1) is 0 Å². The second kappa shape index (κ2) is 10.00. The Kier molecular flexibility index (Phi) is 6.87. The molecule has 0 atom stereocenters. The number of rotatable bonds is 7. The number of aliphatic hydroxyl groups excluding tert-OH is 1. The number of aryl methyl sites for hydroxylation is 1. The van der Waals surface area contributed by atoms with E-state index >= 15 is 0 Å². The summed E-state index contributed by atoms with van der Waals surface area (Å²) in [5, 5.41) is 19.2. The fourth-order valence-corrected chi connectivity index (χ4v) is 3.54. The van der Waals surface area contributed by atoms with E-state index in [0.717, 1.165) is 0 Å². The van der Waals surface area contributed by atoms with Crippen LogP contribution in [0.5, 0.6) is 11.5 Å². The van der Waals surface area contributed by atoms with E-state index < -0.39 is 11.6 Å². The van der Waals surface area contributed by atoms with Gasteiger partial charge in [-0.2, -0.15) is 5.10 Å². The molecule has 34 heavy (non-hydrogen) atoms. The van der Waals surface area contributed by atoms with Crippen molar-refractivity contribution in [3.63, 3.8) is 0 Å². The smallest absolute Gasteiger partial charge is 0.271 e. The normalized spacial score (nSPS) is 14.2. The van der Waals surface area contributed by atoms with Gasteiger partial charge in [-0.3, -0.25) is 9.89 Å². The lowest BCUT2D eigenvalue weighted by atomic mass is 10.1. The third-order valence-electron chi connectivity index (χ3n) is 5.47. The van der Waals surface area contributed by atoms with Crippen LogP contribution in [0.2, 0.25) is 0 Å². The summed E-state index contributed by atoms with van der Waals surface area (Å²) in [5.41, 5.74) is 0.287. The third-order valence-corrected chi connectivity index (χ3v) is 5.47. The standard InChI is InChI=1S/C22H24F2N6O4/c1-12-7-17(33-2)20(24)15(19(12)23)11-34-14-9-25-22(26-10-14)27-18-8-16(28-29-18)21(32)30-5-3-13(31)4-6-30/h7-10,13,31H,3-6,11H2,1-2H3,(H2,25,26,27,28,29). The largest absolute Gasteiger partial charge is 0.494 e. The summed E-state index contributed by atoms with van der Waals surface area (Å²) in [7, 11) is 1.30. The molecule has 3 N–H and O–H groups in total. The van der Waals surface area contributed by atoms with Gasteiger partial charge in [0.2, 0.25) is 5.95 Å². The first kappa shape index (κ1) is 23.4. The zero-order valence-corrected chi connectivity index (χ0v) is 18.6. The highest BCUT2D eigenvalue weighted by atomic mass is 19.1. The van der Waals surface area contributed by atoms with E-state index in [2.05, 4.69) is 25.5 Å². The van der Waals surface area contributed by atoms with E-state index in [9.17, 15) is 18.7 Å². The SMILES string of the molecule is COc1cc(C)c(F)c(COc2cnc(Nc3cc(C(=O)N4CCC(O)CC4)[nH]n3)nc2)c1F. The lowest BCUT2D eigenvalue weighted by molar-refractivity contribution is 0.0541. The van der Waals surface area contributed by atoms with E-state index in [4.69, 9.17) is 9.47 Å². The van der Waals surface area contributed by atoms with Crippen molar-refractivity contribution in [3.8, 4) is 11.5 Å².